The number of ether oxygens (including phenoxy) is 1. The highest BCUT2D eigenvalue weighted by Crippen LogP contribution is 2.15. The van der Waals surface area contributed by atoms with Gasteiger partial charge in [-0.1, -0.05) is 12.6 Å². The highest BCUT2D eigenvalue weighted by Gasteiger charge is 2.09. The molecular weight excluding hydrogens is 194 g/mol. The molecule has 0 atom stereocenters. The minimum absolute atomic E-state index is 0.00541. The summed E-state index contributed by atoms with van der Waals surface area (Å²) in [6.45, 7) is 7.18. The second kappa shape index (κ2) is 4.59. The number of carboxylic acids is 1. The van der Waals surface area contributed by atoms with Crippen LogP contribution in [0, 0.1) is 0 Å². The molecule has 1 heterocycles. The maximum atomic E-state index is 10.7. The fraction of sp³-hybridized carbons (Fsp3) is 0.273. The first-order chi connectivity index (χ1) is 7.00. The van der Waals surface area contributed by atoms with Crippen LogP contribution in [0.2, 0.25) is 0 Å². The standard InChI is InChI=1S/C11H13NO3/c1-7(2)15-10-6-4-5-9(12-10)8(3)11(13)14/h4-7H,3H2,1-2H3,(H,13,14). The van der Waals surface area contributed by atoms with Crippen LogP contribution in [0.15, 0.2) is 24.8 Å². The molecule has 0 aliphatic carbocycles. The largest absolute Gasteiger partial charge is 0.478 e. The summed E-state index contributed by atoms with van der Waals surface area (Å²) in [6.07, 6.45) is 0.00541. The molecule has 0 radical (unpaired) electrons. The second-order valence-corrected chi connectivity index (χ2v) is 3.31. The van der Waals surface area contributed by atoms with Crippen molar-refractivity contribution in [2.24, 2.45) is 0 Å². The van der Waals surface area contributed by atoms with E-state index in [1.54, 1.807) is 18.2 Å². The number of hydrogen-bond donors (Lipinski definition) is 1. The van der Waals surface area contributed by atoms with Crippen LogP contribution in [0.3, 0.4) is 0 Å². The molecule has 80 valence electrons. The Morgan fingerprint density at radius 1 is 1.53 bits per heavy atom. The van der Waals surface area contributed by atoms with Gasteiger partial charge in [-0.25, -0.2) is 9.78 Å². The van der Waals surface area contributed by atoms with Crippen molar-refractivity contribution in [1.29, 1.82) is 0 Å². The normalized spacial score (nSPS) is 10.1. The minimum Gasteiger partial charge on any atom is -0.478 e. The predicted octanol–water partition coefficient (Wildman–Crippen LogP) is 1.97. The minimum atomic E-state index is -1.08. The number of rotatable bonds is 4. The first-order valence-electron chi connectivity index (χ1n) is 4.57. The Morgan fingerprint density at radius 3 is 2.73 bits per heavy atom. The van der Waals surface area contributed by atoms with Gasteiger partial charge in [0.05, 0.1) is 17.4 Å². The van der Waals surface area contributed by atoms with E-state index in [0.717, 1.165) is 0 Å². The van der Waals surface area contributed by atoms with Crippen LogP contribution in [-0.4, -0.2) is 22.2 Å². The van der Waals surface area contributed by atoms with E-state index in [4.69, 9.17) is 9.84 Å². The van der Waals surface area contributed by atoms with Crippen LogP contribution >= 0.6 is 0 Å². The molecule has 1 rings (SSSR count). The van der Waals surface area contributed by atoms with Crippen LogP contribution in [0.4, 0.5) is 0 Å². The first kappa shape index (κ1) is 11.2. The molecule has 0 bridgehead atoms. The zero-order valence-electron chi connectivity index (χ0n) is 8.73. The molecule has 0 aliphatic heterocycles. The third kappa shape index (κ3) is 3.09. The zero-order chi connectivity index (χ0) is 11.4. The van der Waals surface area contributed by atoms with Gasteiger partial charge in [-0.3, -0.25) is 0 Å². The number of carbonyl (C=O) groups is 1. The molecular formula is C11H13NO3. The Labute approximate surface area is 88.2 Å². The molecule has 0 saturated heterocycles. The SMILES string of the molecule is C=C(C(=O)O)c1cccc(OC(C)C)n1. The smallest absolute Gasteiger partial charge is 0.337 e. The van der Waals surface area contributed by atoms with Gasteiger partial charge in [0.1, 0.15) is 0 Å². The van der Waals surface area contributed by atoms with E-state index in [1.165, 1.54) is 0 Å². The lowest BCUT2D eigenvalue weighted by atomic mass is 10.2. The van der Waals surface area contributed by atoms with Gasteiger partial charge in [-0.15, -0.1) is 0 Å². The van der Waals surface area contributed by atoms with Crippen molar-refractivity contribution in [3.8, 4) is 5.88 Å². The highest BCUT2D eigenvalue weighted by molar-refractivity contribution is 6.13. The van der Waals surface area contributed by atoms with Crippen LogP contribution in [0.1, 0.15) is 19.5 Å². The van der Waals surface area contributed by atoms with E-state index in [1.807, 2.05) is 13.8 Å². The molecule has 0 amide bonds. The lowest BCUT2D eigenvalue weighted by Gasteiger charge is -2.09. The van der Waals surface area contributed by atoms with E-state index in [2.05, 4.69) is 11.6 Å². The second-order valence-electron chi connectivity index (χ2n) is 3.31. The summed E-state index contributed by atoms with van der Waals surface area (Å²) in [4.78, 5) is 14.7. The molecule has 1 aromatic heterocycles. The Morgan fingerprint density at radius 2 is 2.20 bits per heavy atom. The molecule has 0 spiro atoms. The maximum Gasteiger partial charge on any atom is 0.337 e. The molecule has 0 unspecified atom stereocenters. The van der Waals surface area contributed by atoms with Gasteiger partial charge < -0.3 is 9.84 Å². The van der Waals surface area contributed by atoms with Crippen molar-refractivity contribution in [2.75, 3.05) is 0 Å². The van der Waals surface area contributed by atoms with E-state index >= 15 is 0 Å². The van der Waals surface area contributed by atoms with Gasteiger partial charge in [-0.2, -0.15) is 0 Å². The molecule has 0 aliphatic rings. The summed E-state index contributed by atoms with van der Waals surface area (Å²) < 4.78 is 5.34. The number of aliphatic carboxylic acids is 1. The number of nitrogens with zero attached hydrogens (tertiary/aromatic N) is 1. The Kier molecular flexibility index (Phi) is 3.44. The third-order valence-corrected chi connectivity index (χ3v) is 1.65. The molecule has 0 fully saturated rings. The summed E-state index contributed by atoms with van der Waals surface area (Å²) in [5, 5.41) is 8.73. The van der Waals surface area contributed by atoms with Crippen molar-refractivity contribution < 1.29 is 14.6 Å². The van der Waals surface area contributed by atoms with Gasteiger partial charge in [0.25, 0.3) is 0 Å². The van der Waals surface area contributed by atoms with Crippen LogP contribution < -0.4 is 4.74 Å². The average molecular weight is 207 g/mol. The van der Waals surface area contributed by atoms with Crippen molar-refractivity contribution in [3.63, 3.8) is 0 Å². The molecule has 4 heteroatoms. The molecule has 0 aromatic carbocycles. The van der Waals surface area contributed by atoms with Crippen molar-refractivity contribution in [1.82, 2.24) is 4.98 Å². The molecule has 1 N–H and O–H groups in total. The van der Waals surface area contributed by atoms with Crippen LogP contribution in [0.25, 0.3) is 5.57 Å². The summed E-state index contributed by atoms with van der Waals surface area (Å²) in [5.74, 6) is -0.672. The number of aromatic nitrogens is 1. The lowest BCUT2D eigenvalue weighted by Crippen LogP contribution is -2.08. The Balaban J connectivity index is 2.92. The topological polar surface area (TPSA) is 59.4 Å². The van der Waals surface area contributed by atoms with Crippen molar-refractivity contribution >= 4 is 11.5 Å². The maximum absolute atomic E-state index is 10.7. The number of carboxylic acid groups (broad SMARTS) is 1. The number of hydrogen-bond acceptors (Lipinski definition) is 3. The van der Waals surface area contributed by atoms with Crippen LogP contribution in [0.5, 0.6) is 5.88 Å². The quantitative estimate of drug-likeness (QED) is 0.767. The lowest BCUT2D eigenvalue weighted by molar-refractivity contribution is -0.130. The zero-order valence-corrected chi connectivity index (χ0v) is 8.73. The fourth-order valence-electron chi connectivity index (χ4n) is 1.000. The molecule has 4 nitrogen and oxygen atoms in total. The summed E-state index contributed by atoms with van der Waals surface area (Å²) in [7, 11) is 0. The van der Waals surface area contributed by atoms with Crippen molar-refractivity contribution in [2.45, 2.75) is 20.0 Å². The first-order valence-corrected chi connectivity index (χ1v) is 4.57. The van der Waals surface area contributed by atoms with E-state index in [0.29, 0.717) is 11.6 Å². The molecule has 1 aromatic rings. The van der Waals surface area contributed by atoms with Crippen molar-refractivity contribution in [3.05, 3.63) is 30.5 Å². The van der Waals surface area contributed by atoms with Gasteiger partial charge in [0.15, 0.2) is 0 Å². The predicted molar refractivity (Wildman–Crippen MR) is 56.7 cm³/mol. The van der Waals surface area contributed by atoms with E-state index in [-0.39, 0.29) is 11.7 Å². The summed E-state index contributed by atoms with van der Waals surface area (Å²) in [6, 6.07) is 4.95. The van der Waals surface area contributed by atoms with E-state index in [9.17, 15) is 4.79 Å². The molecule has 0 saturated carbocycles. The Bertz CT molecular complexity index is 385. The summed E-state index contributed by atoms with van der Waals surface area (Å²) >= 11 is 0. The van der Waals surface area contributed by atoms with E-state index < -0.39 is 5.97 Å². The third-order valence-electron chi connectivity index (χ3n) is 1.65. The Hall–Kier alpha value is -1.84. The highest BCUT2D eigenvalue weighted by atomic mass is 16.5. The van der Waals surface area contributed by atoms with Gasteiger partial charge >= 0.3 is 5.97 Å². The van der Waals surface area contributed by atoms with Gasteiger partial charge in [0, 0.05) is 6.07 Å². The summed E-state index contributed by atoms with van der Waals surface area (Å²) in [5.41, 5.74) is 0.282. The average Bonchev–Trinajstić information content (AvgIpc) is 2.16. The van der Waals surface area contributed by atoms with Gasteiger partial charge in [-0.05, 0) is 19.9 Å². The molecule has 15 heavy (non-hydrogen) atoms. The number of pyridine rings is 1. The monoisotopic (exact) mass is 207 g/mol. The van der Waals surface area contributed by atoms with Crippen LogP contribution in [-0.2, 0) is 4.79 Å². The van der Waals surface area contributed by atoms with Gasteiger partial charge in [0.2, 0.25) is 5.88 Å². The fourth-order valence-corrected chi connectivity index (χ4v) is 1.000.